The van der Waals surface area contributed by atoms with E-state index in [-0.39, 0.29) is 11.3 Å². The number of carbonyl (C=O) groups is 1. The number of nitrogens with one attached hydrogen (secondary N) is 1. The number of hydrogen-bond acceptors (Lipinski definition) is 2. The van der Waals surface area contributed by atoms with Gasteiger partial charge in [0.25, 0.3) is 0 Å². The summed E-state index contributed by atoms with van der Waals surface area (Å²) in [5.74, 6) is 0.0848. The van der Waals surface area contributed by atoms with Gasteiger partial charge in [-0.15, -0.1) is 0 Å². The van der Waals surface area contributed by atoms with Crippen LogP contribution in [0.15, 0.2) is 24.3 Å². The van der Waals surface area contributed by atoms with Crippen LogP contribution in [0.25, 0.3) is 0 Å². The Balaban J connectivity index is 2.14. The van der Waals surface area contributed by atoms with Crippen molar-refractivity contribution in [2.45, 2.75) is 25.7 Å². The minimum absolute atomic E-state index is 0.0848. The third kappa shape index (κ3) is 2.63. The minimum Gasteiger partial charge on any atom is -0.329 e. The second kappa shape index (κ2) is 5.35. The molecule has 0 unspecified atom stereocenters. The van der Waals surface area contributed by atoms with E-state index in [1.54, 1.807) is 0 Å². The van der Waals surface area contributed by atoms with Crippen molar-refractivity contribution in [1.29, 1.82) is 0 Å². The number of anilines is 1. The van der Waals surface area contributed by atoms with Crippen LogP contribution in [0, 0.1) is 8.99 Å². The fraction of sp³-hybridized carbons (Fsp3) is 0.462. The highest BCUT2D eigenvalue weighted by Gasteiger charge is 2.39. The van der Waals surface area contributed by atoms with Crippen LogP contribution in [-0.4, -0.2) is 12.5 Å². The molecule has 2 rings (SSSR count). The van der Waals surface area contributed by atoms with Crippen molar-refractivity contribution in [1.82, 2.24) is 0 Å². The molecule has 17 heavy (non-hydrogen) atoms. The van der Waals surface area contributed by atoms with Crippen LogP contribution in [0.5, 0.6) is 0 Å². The number of carbonyl (C=O) groups excluding carboxylic acids is 1. The average Bonchev–Trinajstić information content (AvgIpc) is 2.82. The Morgan fingerprint density at radius 2 is 2.00 bits per heavy atom. The number of benzene rings is 1. The van der Waals surface area contributed by atoms with Gasteiger partial charge in [-0.25, -0.2) is 0 Å². The first-order valence-electron chi connectivity index (χ1n) is 5.94. The molecule has 0 aromatic heterocycles. The average molecular weight is 344 g/mol. The molecule has 1 amide bonds. The summed E-state index contributed by atoms with van der Waals surface area (Å²) >= 11 is 2.23. The lowest BCUT2D eigenvalue weighted by Gasteiger charge is -2.26. The Hall–Kier alpha value is -0.620. The Kier molecular flexibility index (Phi) is 4.04. The molecule has 1 fully saturated rings. The van der Waals surface area contributed by atoms with E-state index in [0.29, 0.717) is 6.54 Å². The SMILES string of the molecule is NCC1(C(=O)Nc2ccccc2I)CCCC1. The lowest BCUT2D eigenvalue weighted by atomic mass is 9.85. The quantitative estimate of drug-likeness (QED) is 0.829. The van der Waals surface area contributed by atoms with Gasteiger partial charge in [0.05, 0.1) is 11.1 Å². The zero-order valence-corrected chi connectivity index (χ0v) is 11.9. The molecule has 0 atom stereocenters. The number of halogens is 1. The lowest BCUT2D eigenvalue weighted by molar-refractivity contribution is -0.124. The first-order chi connectivity index (χ1) is 8.18. The van der Waals surface area contributed by atoms with Gasteiger partial charge < -0.3 is 11.1 Å². The highest BCUT2D eigenvalue weighted by Crippen LogP contribution is 2.38. The summed E-state index contributed by atoms with van der Waals surface area (Å²) in [4.78, 5) is 12.3. The van der Waals surface area contributed by atoms with Gasteiger partial charge in [0, 0.05) is 10.1 Å². The Bertz CT molecular complexity index is 414. The molecule has 1 aliphatic rings. The highest BCUT2D eigenvalue weighted by atomic mass is 127. The fourth-order valence-corrected chi connectivity index (χ4v) is 2.92. The zero-order chi connectivity index (χ0) is 12.3. The molecular formula is C13H17IN2O. The molecule has 0 saturated heterocycles. The fourth-order valence-electron chi connectivity index (χ4n) is 2.39. The van der Waals surface area contributed by atoms with Crippen LogP contribution in [0.4, 0.5) is 5.69 Å². The van der Waals surface area contributed by atoms with Crippen LogP contribution in [-0.2, 0) is 4.79 Å². The van der Waals surface area contributed by atoms with Gasteiger partial charge in [-0.05, 0) is 47.6 Å². The first-order valence-corrected chi connectivity index (χ1v) is 7.02. The maximum atomic E-state index is 12.3. The van der Waals surface area contributed by atoms with E-state index in [0.717, 1.165) is 34.9 Å². The van der Waals surface area contributed by atoms with Crippen molar-refractivity contribution in [3.05, 3.63) is 27.8 Å². The first kappa shape index (κ1) is 12.8. The summed E-state index contributed by atoms with van der Waals surface area (Å²) in [6, 6.07) is 7.81. The maximum Gasteiger partial charge on any atom is 0.231 e. The summed E-state index contributed by atoms with van der Waals surface area (Å²) in [5, 5.41) is 3.02. The highest BCUT2D eigenvalue weighted by molar-refractivity contribution is 14.1. The van der Waals surface area contributed by atoms with Gasteiger partial charge in [0.1, 0.15) is 0 Å². The van der Waals surface area contributed by atoms with E-state index in [4.69, 9.17) is 5.73 Å². The topological polar surface area (TPSA) is 55.1 Å². The molecule has 1 aromatic rings. The molecule has 3 N–H and O–H groups in total. The normalized spacial score (nSPS) is 18.0. The maximum absolute atomic E-state index is 12.3. The van der Waals surface area contributed by atoms with Crippen LogP contribution in [0.3, 0.4) is 0 Å². The van der Waals surface area contributed by atoms with E-state index in [9.17, 15) is 4.79 Å². The summed E-state index contributed by atoms with van der Waals surface area (Å²) < 4.78 is 1.06. The van der Waals surface area contributed by atoms with E-state index < -0.39 is 0 Å². The van der Waals surface area contributed by atoms with Crippen LogP contribution < -0.4 is 11.1 Å². The second-order valence-corrected chi connectivity index (χ2v) is 5.79. The van der Waals surface area contributed by atoms with Gasteiger partial charge >= 0.3 is 0 Å². The lowest BCUT2D eigenvalue weighted by Crippen LogP contribution is -2.40. The second-order valence-electron chi connectivity index (χ2n) is 4.63. The van der Waals surface area contributed by atoms with Crippen LogP contribution in [0.1, 0.15) is 25.7 Å². The summed E-state index contributed by atoms with van der Waals surface area (Å²) in [5.41, 5.74) is 6.35. The summed E-state index contributed by atoms with van der Waals surface area (Å²) in [6.07, 6.45) is 4.05. The van der Waals surface area contributed by atoms with E-state index in [2.05, 4.69) is 27.9 Å². The van der Waals surface area contributed by atoms with Crippen LogP contribution in [0.2, 0.25) is 0 Å². The van der Waals surface area contributed by atoms with Gasteiger partial charge in [-0.1, -0.05) is 25.0 Å². The smallest absolute Gasteiger partial charge is 0.231 e. The molecule has 0 spiro atoms. The van der Waals surface area contributed by atoms with Gasteiger partial charge in [-0.3, -0.25) is 4.79 Å². The molecule has 1 saturated carbocycles. The van der Waals surface area contributed by atoms with Crippen molar-refractivity contribution in [2.75, 3.05) is 11.9 Å². The standard InChI is InChI=1S/C13H17IN2O/c14-10-5-1-2-6-11(10)16-12(17)13(9-15)7-3-4-8-13/h1-2,5-6H,3-4,7-9,15H2,(H,16,17). The molecule has 1 aliphatic carbocycles. The number of hydrogen-bond donors (Lipinski definition) is 2. The molecule has 0 heterocycles. The Labute approximate surface area is 115 Å². The Morgan fingerprint density at radius 1 is 1.35 bits per heavy atom. The van der Waals surface area contributed by atoms with Crippen molar-refractivity contribution in [2.24, 2.45) is 11.1 Å². The number of rotatable bonds is 3. The third-order valence-electron chi connectivity index (χ3n) is 3.56. The largest absolute Gasteiger partial charge is 0.329 e. The third-order valence-corrected chi connectivity index (χ3v) is 4.50. The van der Waals surface area contributed by atoms with Crippen molar-refractivity contribution >= 4 is 34.2 Å². The van der Waals surface area contributed by atoms with Gasteiger partial charge in [0.15, 0.2) is 0 Å². The zero-order valence-electron chi connectivity index (χ0n) is 9.71. The van der Waals surface area contributed by atoms with Gasteiger partial charge in [0.2, 0.25) is 5.91 Å². The molecule has 0 bridgehead atoms. The Morgan fingerprint density at radius 3 is 2.59 bits per heavy atom. The molecule has 92 valence electrons. The van der Waals surface area contributed by atoms with Crippen LogP contribution >= 0.6 is 22.6 Å². The minimum atomic E-state index is -0.334. The number of amides is 1. The van der Waals surface area contributed by atoms with E-state index in [1.165, 1.54) is 0 Å². The number of nitrogens with two attached hydrogens (primary N) is 1. The summed E-state index contributed by atoms with van der Waals surface area (Å²) in [7, 11) is 0. The molecule has 1 aromatic carbocycles. The van der Waals surface area contributed by atoms with Crippen molar-refractivity contribution in [3.8, 4) is 0 Å². The molecule has 0 aliphatic heterocycles. The molecule has 4 heteroatoms. The molecule has 3 nitrogen and oxygen atoms in total. The predicted molar refractivity (Wildman–Crippen MR) is 77.7 cm³/mol. The van der Waals surface area contributed by atoms with E-state index >= 15 is 0 Å². The predicted octanol–water partition coefficient (Wildman–Crippen LogP) is 2.75. The molecular weight excluding hydrogens is 327 g/mol. The number of para-hydroxylation sites is 1. The molecule has 0 radical (unpaired) electrons. The van der Waals surface area contributed by atoms with Crippen molar-refractivity contribution in [3.63, 3.8) is 0 Å². The van der Waals surface area contributed by atoms with Crippen molar-refractivity contribution < 1.29 is 4.79 Å². The summed E-state index contributed by atoms with van der Waals surface area (Å²) in [6.45, 7) is 0.447. The van der Waals surface area contributed by atoms with Gasteiger partial charge in [-0.2, -0.15) is 0 Å². The monoisotopic (exact) mass is 344 g/mol. The van der Waals surface area contributed by atoms with E-state index in [1.807, 2.05) is 24.3 Å².